The maximum atomic E-state index is 12.3. The van der Waals surface area contributed by atoms with Crippen molar-refractivity contribution >= 4 is 23.6 Å². The molecule has 3 rings (SSSR count). The molecule has 0 saturated heterocycles. The Morgan fingerprint density at radius 1 is 1.16 bits per heavy atom. The molecule has 1 heterocycles. The third kappa shape index (κ3) is 5.90. The Morgan fingerprint density at radius 2 is 1.90 bits per heavy atom. The number of carbonyl (C=O) groups is 1. The number of aryl methyl sites for hydroxylation is 1. The summed E-state index contributed by atoms with van der Waals surface area (Å²) in [6.45, 7) is 3.43. The van der Waals surface area contributed by atoms with Gasteiger partial charge in [-0.25, -0.2) is 4.79 Å². The van der Waals surface area contributed by atoms with Gasteiger partial charge in [0.25, 0.3) is 0 Å². The van der Waals surface area contributed by atoms with E-state index in [0.717, 1.165) is 17.7 Å². The molecule has 2 aromatic carbocycles. The summed E-state index contributed by atoms with van der Waals surface area (Å²) >= 11 is 0. The van der Waals surface area contributed by atoms with Crippen molar-refractivity contribution < 1.29 is 14.3 Å². The number of esters is 1. The Labute approximate surface area is 179 Å². The van der Waals surface area contributed by atoms with Crippen molar-refractivity contribution in [1.29, 1.82) is 5.26 Å². The van der Waals surface area contributed by atoms with Crippen LogP contribution in [0.4, 0.5) is 17.6 Å². The van der Waals surface area contributed by atoms with Crippen molar-refractivity contribution in [3.8, 4) is 11.8 Å². The first-order valence-electron chi connectivity index (χ1n) is 9.67. The van der Waals surface area contributed by atoms with Gasteiger partial charge in [-0.2, -0.15) is 20.2 Å². The molecule has 31 heavy (non-hydrogen) atoms. The second-order valence-electron chi connectivity index (χ2n) is 6.57. The van der Waals surface area contributed by atoms with E-state index in [1.54, 1.807) is 31.2 Å². The summed E-state index contributed by atoms with van der Waals surface area (Å²) in [6.07, 6.45) is -0.0214. The molecule has 0 spiro atoms. The third-order valence-corrected chi connectivity index (χ3v) is 4.32. The number of para-hydroxylation sites is 1. The monoisotopic (exact) mass is 418 g/mol. The highest BCUT2D eigenvalue weighted by Crippen LogP contribution is 2.19. The van der Waals surface area contributed by atoms with Crippen LogP contribution in [0.3, 0.4) is 0 Å². The number of carbonyl (C=O) groups excluding carboxylic acids is 1. The molecule has 0 radical (unpaired) electrons. The van der Waals surface area contributed by atoms with Crippen LogP contribution in [0, 0.1) is 11.3 Å². The lowest BCUT2D eigenvalue weighted by molar-refractivity contribution is -0.152. The van der Waals surface area contributed by atoms with Gasteiger partial charge in [0, 0.05) is 5.69 Å². The minimum absolute atomic E-state index is 0.0133. The third-order valence-electron chi connectivity index (χ3n) is 4.32. The molecule has 0 aliphatic rings. The van der Waals surface area contributed by atoms with E-state index in [0.29, 0.717) is 11.3 Å². The van der Waals surface area contributed by atoms with Crippen LogP contribution in [0.2, 0.25) is 0 Å². The Kier molecular flexibility index (Phi) is 6.96. The zero-order chi connectivity index (χ0) is 22.2. The van der Waals surface area contributed by atoms with Crippen LogP contribution in [0.15, 0.2) is 48.5 Å². The van der Waals surface area contributed by atoms with Gasteiger partial charge in [-0.3, -0.25) is 0 Å². The van der Waals surface area contributed by atoms with Crippen molar-refractivity contribution in [3.05, 3.63) is 65.5 Å². The van der Waals surface area contributed by atoms with E-state index in [-0.39, 0.29) is 24.3 Å². The predicted octanol–water partition coefficient (Wildman–Crippen LogP) is 3.14. The molecule has 9 heteroatoms. The molecule has 1 aromatic heterocycles. The summed E-state index contributed by atoms with van der Waals surface area (Å²) in [7, 11) is 0. The predicted molar refractivity (Wildman–Crippen MR) is 114 cm³/mol. The molecular weight excluding hydrogens is 396 g/mol. The number of nitrogens with zero attached hydrogens (tertiary/aromatic N) is 4. The van der Waals surface area contributed by atoms with Gasteiger partial charge in [-0.15, -0.1) is 0 Å². The Bertz CT molecular complexity index is 1100. The number of benzene rings is 2. The van der Waals surface area contributed by atoms with Gasteiger partial charge in [0.1, 0.15) is 5.75 Å². The molecule has 0 saturated carbocycles. The number of aromatic nitrogens is 3. The fraction of sp³-hybridized carbons (Fsp3) is 0.227. The van der Waals surface area contributed by atoms with Gasteiger partial charge in [0.05, 0.1) is 11.6 Å². The lowest BCUT2D eigenvalue weighted by Gasteiger charge is -2.14. The van der Waals surface area contributed by atoms with Crippen LogP contribution < -0.4 is 15.8 Å². The van der Waals surface area contributed by atoms with Crippen molar-refractivity contribution in [3.63, 3.8) is 0 Å². The fourth-order valence-corrected chi connectivity index (χ4v) is 2.74. The first-order valence-corrected chi connectivity index (χ1v) is 9.67. The topological polar surface area (TPSA) is 136 Å². The quantitative estimate of drug-likeness (QED) is 0.529. The summed E-state index contributed by atoms with van der Waals surface area (Å²) in [6, 6.07) is 16.2. The molecular formula is C22H22N6O3. The number of hydrogen-bond acceptors (Lipinski definition) is 9. The van der Waals surface area contributed by atoms with Crippen molar-refractivity contribution in [2.45, 2.75) is 33.0 Å². The second kappa shape index (κ2) is 10.0. The molecule has 0 unspecified atom stereocenters. The van der Waals surface area contributed by atoms with Gasteiger partial charge in [-0.05, 0) is 49.2 Å². The van der Waals surface area contributed by atoms with Crippen molar-refractivity contribution in [2.24, 2.45) is 0 Å². The number of rotatable bonds is 8. The summed E-state index contributed by atoms with van der Waals surface area (Å²) in [5, 5.41) is 12.0. The summed E-state index contributed by atoms with van der Waals surface area (Å²) < 4.78 is 10.8. The lowest BCUT2D eigenvalue weighted by Crippen LogP contribution is -2.26. The number of ether oxygens (including phenoxy) is 2. The Morgan fingerprint density at radius 3 is 2.61 bits per heavy atom. The molecule has 9 nitrogen and oxygen atoms in total. The number of hydrogen-bond donors (Lipinski definition) is 2. The number of anilines is 3. The normalized spacial score (nSPS) is 11.3. The zero-order valence-corrected chi connectivity index (χ0v) is 17.2. The Hall–Kier alpha value is -4.19. The molecule has 0 amide bonds. The van der Waals surface area contributed by atoms with Gasteiger partial charge >= 0.3 is 5.97 Å². The van der Waals surface area contributed by atoms with Gasteiger partial charge in [0.15, 0.2) is 18.5 Å². The standard InChI is InChI=1S/C22H22N6O3/c1-3-16-6-4-5-7-18(16)25-22-27-19(26-21(24)28-22)13-30-20(29)14(2)31-17-10-8-15(12-23)9-11-17/h4-11,14H,3,13H2,1-2H3,(H3,24,25,26,27,28)/t14-/m0/s1. The minimum atomic E-state index is -0.860. The molecule has 0 bridgehead atoms. The second-order valence-corrected chi connectivity index (χ2v) is 6.57. The number of nitriles is 1. The summed E-state index contributed by atoms with van der Waals surface area (Å²) in [5.74, 6) is 0.353. The highest BCUT2D eigenvalue weighted by atomic mass is 16.6. The number of nitrogen functional groups attached to an aromatic ring is 1. The molecule has 0 fully saturated rings. The highest BCUT2D eigenvalue weighted by Gasteiger charge is 2.18. The van der Waals surface area contributed by atoms with E-state index in [1.807, 2.05) is 37.3 Å². The van der Waals surface area contributed by atoms with Crippen LogP contribution in [-0.4, -0.2) is 27.0 Å². The SMILES string of the molecule is CCc1ccccc1Nc1nc(N)nc(COC(=O)[C@H](C)Oc2ccc(C#N)cc2)n1. The van der Waals surface area contributed by atoms with E-state index >= 15 is 0 Å². The van der Waals surface area contributed by atoms with E-state index in [9.17, 15) is 4.79 Å². The smallest absolute Gasteiger partial charge is 0.347 e. The summed E-state index contributed by atoms with van der Waals surface area (Å²) in [5.41, 5.74) is 8.25. The lowest BCUT2D eigenvalue weighted by atomic mass is 10.1. The molecule has 3 N–H and O–H groups in total. The van der Waals surface area contributed by atoms with E-state index in [2.05, 4.69) is 20.3 Å². The van der Waals surface area contributed by atoms with Crippen LogP contribution >= 0.6 is 0 Å². The number of nitrogens with two attached hydrogens (primary N) is 1. The largest absolute Gasteiger partial charge is 0.479 e. The molecule has 0 aliphatic carbocycles. The first-order chi connectivity index (χ1) is 15.0. The number of nitrogens with one attached hydrogen (secondary N) is 1. The first kappa shape index (κ1) is 21.5. The van der Waals surface area contributed by atoms with Crippen molar-refractivity contribution in [2.75, 3.05) is 11.1 Å². The van der Waals surface area contributed by atoms with E-state index < -0.39 is 12.1 Å². The average molecular weight is 418 g/mol. The molecule has 0 aliphatic heterocycles. The Balaban J connectivity index is 1.61. The molecule has 158 valence electrons. The highest BCUT2D eigenvalue weighted by molar-refractivity contribution is 5.74. The maximum Gasteiger partial charge on any atom is 0.347 e. The van der Waals surface area contributed by atoms with Crippen LogP contribution in [0.25, 0.3) is 0 Å². The van der Waals surface area contributed by atoms with Crippen molar-refractivity contribution in [1.82, 2.24) is 15.0 Å². The zero-order valence-electron chi connectivity index (χ0n) is 17.2. The minimum Gasteiger partial charge on any atom is -0.479 e. The fourth-order valence-electron chi connectivity index (χ4n) is 2.74. The van der Waals surface area contributed by atoms with Gasteiger partial charge in [-0.1, -0.05) is 25.1 Å². The summed E-state index contributed by atoms with van der Waals surface area (Å²) in [4.78, 5) is 24.7. The molecule has 3 aromatic rings. The van der Waals surface area contributed by atoms with E-state index in [1.165, 1.54) is 0 Å². The average Bonchev–Trinajstić information content (AvgIpc) is 2.78. The van der Waals surface area contributed by atoms with Gasteiger partial charge < -0.3 is 20.5 Å². The van der Waals surface area contributed by atoms with Gasteiger partial charge in [0.2, 0.25) is 11.9 Å². The van der Waals surface area contributed by atoms with Crippen LogP contribution in [-0.2, 0) is 22.6 Å². The van der Waals surface area contributed by atoms with Crippen LogP contribution in [0.5, 0.6) is 5.75 Å². The van der Waals surface area contributed by atoms with E-state index in [4.69, 9.17) is 20.5 Å². The van der Waals surface area contributed by atoms with Crippen LogP contribution in [0.1, 0.15) is 30.8 Å². The maximum absolute atomic E-state index is 12.3. The molecule has 1 atom stereocenters.